The van der Waals surface area contributed by atoms with Crippen LogP contribution in [0.5, 0.6) is 0 Å². The Hall–Kier alpha value is -1.24. The number of hydrogen-bond acceptors (Lipinski definition) is 1. The lowest BCUT2D eigenvalue weighted by atomic mass is 9.76. The Morgan fingerprint density at radius 3 is 2.43 bits per heavy atom. The number of hydrogen-bond donors (Lipinski definition) is 0. The molecule has 1 rings (SSSR count). The first-order valence-corrected chi connectivity index (χ1v) is 4.84. The molecule has 1 nitrogen and oxygen atoms in total. The minimum Gasteiger partial charge on any atom is -0.351 e. The molecule has 76 valence electrons. The highest BCUT2D eigenvalue weighted by molar-refractivity contribution is 5.35. The monoisotopic (exact) mass is 189 g/mol. The molecule has 0 atom stereocenters. The second-order valence-electron chi connectivity index (χ2n) is 4.30. The molecular weight excluding hydrogens is 170 g/mol. The number of allylic oxidation sites excluding steroid dienone is 4. The van der Waals surface area contributed by atoms with Gasteiger partial charge in [0.2, 0.25) is 0 Å². The van der Waals surface area contributed by atoms with Gasteiger partial charge in [-0.25, -0.2) is 0 Å². The normalized spacial score (nSPS) is 24.2. The minimum absolute atomic E-state index is 0.00720. The molecule has 0 spiro atoms. The van der Waals surface area contributed by atoms with Gasteiger partial charge in [-0.05, 0) is 6.08 Å². The summed E-state index contributed by atoms with van der Waals surface area (Å²) in [6.45, 7) is 16.3. The molecule has 14 heavy (non-hydrogen) atoms. The largest absolute Gasteiger partial charge is 0.351 e. The molecule has 0 amide bonds. The van der Waals surface area contributed by atoms with Crippen molar-refractivity contribution in [3.63, 3.8) is 0 Å². The van der Waals surface area contributed by atoms with Crippen molar-refractivity contribution in [3.05, 3.63) is 48.9 Å². The van der Waals surface area contributed by atoms with Gasteiger partial charge >= 0.3 is 0 Å². The van der Waals surface area contributed by atoms with Gasteiger partial charge in [-0.3, -0.25) is 0 Å². The lowest BCUT2D eigenvalue weighted by molar-refractivity contribution is 0.331. The molecule has 1 heteroatoms. The number of likely N-dealkylation sites (tertiary alicyclic amines) is 1. The lowest BCUT2D eigenvalue weighted by Crippen LogP contribution is -2.34. The zero-order valence-electron chi connectivity index (χ0n) is 9.43. The van der Waals surface area contributed by atoms with Crippen molar-refractivity contribution in [2.75, 3.05) is 7.05 Å². The van der Waals surface area contributed by atoms with Gasteiger partial charge in [0.05, 0.1) is 0 Å². The summed E-state index contributed by atoms with van der Waals surface area (Å²) in [5, 5.41) is 0. The highest BCUT2D eigenvalue weighted by atomic mass is 15.1. The van der Waals surface area contributed by atoms with Crippen LogP contribution in [0, 0.1) is 5.41 Å². The standard InChI is InChI=1S/C13H19N/c1-7-8-12-9-10(2)13(4,5)11(3)14(12)6/h7-8H,1-3,9H2,4-6H3/b12-8+. The molecule has 0 N–H and O–H groups in total. The molecule has 1 aliphatic heterocycles. The first kappa shape index (κ1) is 10.8. The molecule has 1 aliphatic rings. The van der Waals surface area contributed by atoms with Crippen LogP contribution < -0.4 is 0 Å². The van der Waals surface area contributed by atoms with Gasteiger partial charge in [-0.15, -0.1) is 0 Å². The third kappa shape index (κ3) is 1.54. The summed E-state index contributed by atoms with van der Waals surface area (Å²) in [7, 11) is 2.05. The Bertz CT molecular complexity index is 318. The van der Waals surface area contributed by atoms with Crippen LogP contribution in [0.4, 0.5) is 0 Å². The Kier molecular flexibility index (Phi) is 2.70. The number of nitrogens with zero attached hydrogens (tertiary/aromatic N) is 1. The van der Waals surface area contributed by atoms with E-state index < -0.39 is 0 Å². The van der Waals surface area contributed by atoms with Crippen molar-refractivity contribution >= 4 is 0 Å². The summed E-state index contributed by atoms with van der Waals surface area (Å²) in [4.78, 5) is 2.14. The SMILES string of the molecule is C=C/C=C1\CC(=C)C(C)(C)C(=C)N1C. The highest BCUT2D eigenvalue weighted by Crippen LogP contribution is 2.43. The number of piperidine rings is 1. The summed E-state index contributed by atoms with van der Waals surface area (Å²) in [6, 6.07) is 0. The Balaban J connectivity index is 3.07. The van der Waals surface area contributed by atoms with E-state index in [0.717, 1.165) is 12.1 Å². The average molecular weight is 189 g/mol. The van der Waals surface area contributed by atoms with E-state index in [4.69, 9.17) is 0 Å². The molecule has 0 aliphatic carbocycles. The van der Waals surface area contributed by atoms with E-state index >= 15 is 0 Å². The third-order valence-electron chi connectivity index (χ3n) is 3.15. The molecule has 1 heterocycles. The molecule has 1 saturated heterocycles. The molecule has 0 radical (unpaired) electrons. The predicted octanol–water partition coefficient (Wildman–Crippen LogP) is 3.49. The summed E-state index contributed by atoms with van der Waals surface area (Å²) in [5.74, 6) is 0. The fourth-order valence-corrected chi connectivity index (χ4v) is 1.66. The fraction of sp³-hybridized carbons (Fsp3) is 0.385. The zero-order valence-corrected chi connectivity index (χ0v) is 9.43. The van der Waals surface area contributed by atoms with Crippen molar-refractivity contribution < 1.29 is 0 Å². The van der Waals surface area contributed by atoms with E-state index in [1.165, 1.54) is 11.3 Å². The van der Waals surface area contributed by atoms with E-state index in [-0.39, 0.29) is 5.41 Å². The van der Waals surface area contributed by atoms with E-state index in [0.29, 0.717) is 0 Å². The van der Waals surface area contributed by atoms with Crippen molar-refractivity contribution in [1.82, 2.24) is 4.90 Å². The van der Waals surface area contributed by atoms with Crippen LogP contribution in [0.25, 0.3) is 0 Å². The molecular formula is C13H19N. The van der Waals surface area contributed by atoms with Crippen LogP contribution in [0.3, 0.4) is 0 Å². The van der Waals surface area contributed by atoms with Gasteiger partial charge in [0.1, 0.15) is 0 Å². The minimum atomic E-state index is 0.00720. The van der Waals surface area contributed by atoms with Gasteiger partial charge in [-0.2, -0.15) is 0 Å². The quantitative estimate of drug-likeness (QED) is 0.571. The van der Waals surface area contributed by atoms with Gasteiger partial charge in [0.15, 0.2) is 0 Å². The first-order valence-electron chi connectivity index (χ1n) is 4.84. The maximum Gasteiger partial charge on any atom is 0.0253 e. The average Bonchev–Trinajstić information content (AvgIpc) is 2.12. The molecule has 0 aromatic heterocycles. The van der Waals surface area contributed by atoms with Crippen LogP contribution in [0.2, 0.25) is 0 Å². The van der Waals surface area contributed by atoms with E-state index in [1.54, 1.807) is 0 Å². The van der Waals surface area contributed by atoms with E-state index in [2.05, 4.69) is 38.5 Å². The predicted molar refractivity (Wildman–Crippen MR) is 62.7 cm³/mol. The van der Waals surface area contributed by atoms with Crippen molar-refractivity contribution in [2.45, 2.75) is 20.3 Å². The van der Waals surface area contributed by atoms with Crippen molar-refractivity contribution in [3.8, 4) is 0 Å². The summed E-state index contributed by atoms with van der Waals surface area (Å²) < 4.78 is 0. The van der Waals surface area contributed by atoms with Crippen molar-refractivity contribution in [2.24, 2.45) is 5.41 Å². The van der Waals surface area contributed by atoms with Gasteiger partial charge in [-0.1, -0.05) is 45.2 Å². The van der Waals surface area contributed by atoms with Crippen LogP contribution in [-0.2, 0) is 0 Å². The van der Waals surface area contributed by atoms with E-state index in [1.807, 2.05) is 19.2 Å². The second kappa shape index (κ2) is 3.49. The Labute approximate surface area is 87.1 Å². The molecule has 0 unspecified atom stereocenters. The zero-order chi connectivity index (χ0) is 10.9. The van der Waals surface area contributed by atoms with Gasteiger partial charge < -0.3 is 4.90 Å². The molecule has 0 aromatic carbocycles. The van der Waals surface area contributed by atoms with Crippen molar-refractivity contribution in [1.29, 1.82) is 0 Å². The first-order chi connectivity index (χ1) is 6.41. The van der Waals surface area contributed by atoms with Crippen LogP contribution >= 0.6 is 0 Å². The Morgan fingerprint density at radius 1 is 1.36 bits per heavy atom. The maximum atomic E-state index is 4.12. The number of rotatable bonds is 1. The van der Waals surface area contributed by atoms with Gasteiger partial charge in [0, 0.05) is 30.3 Å². The van der Waals surface area contributed by atoms with Crippen LogP contribution in [-0.4, -0.2) is 11.9 Å². The third-order valence-corrected chi connectivity index (χ3v) is 3.15. The van der Waals surface area contributed by atoms with Crippen LogP contribution in [0.1, 0.15) is 20.3 Å². The smallest absolute Gasteiger partial charge is 0.0253 e. The molecule has 1 fully saturated rings. The van der Waals surface area contributed by atoms with E-state index in [9.17, 15) is 0 Å². The topological polar surface area (TPSA) is 3.24 Å². The maximum absolute atomic E-state index is 4.12. The fourth-order valence-electron chi connectivity index (χ4n) is 1.66. The molecule has 0 aromatic rings. The summed E-state index contributed by atoms with van der Waals surface area (Å²) in [5.41, 5.74) is 3.54. The highest BCUT2D eigenvalue weighted by Gasteiger charge is 2.33. The molecule has 0 saturated carbocycles. The van der Waals surface area contributed by atoms with Gasteiger partial charge in [0.25, 0.3) is 0 Å². The summed E-state index contributed by atoms with van der Waals surface area (Å²) >= 11 is 0. The van der Waals surface area contributed by atoms with Crippen LogP contribution in [0.15, 0.2) is 48.9 Å². The Morgan fingerprint density at radius 2 is 1.93 bits per heavy atom. The lowest BCUT2D eigenvalue weighted by Gasteiger charge is -2.43. The molecule has 0 bridgehead atoms. The summed E-state index contributed by atoms with van der Waals surface area (Å²) in [6.07, 6.45) is 4.74. The second-order valence-corrected chi connectivity index (χ2v) is 4.30.